The first-order valence-corrected chi connectivity index (χ1v) is 22.7. The molecule has 0 saturated heterocycles. The quantitative estimate of drug-likeness (QED) is 0.0685. The van der Waals surface area contributed by atoms with E-state index in [1.54, 1.807) is 14.2 Å². The van der Waals surface area contributed by atoms with Crippen molar-refractivity contribution in [3.05, 3.63) is 163 Å². The van der Waals surface area contributed by atoms with Crippen molar-refractivity contribution in [3.63, 3.8) is 0 Å². The number of rotatable bonds is 18. The molecule has 0 bridgehead atoms. The normalized spacial score (nSPS) is 12.3. The molecule has 1 aromatic heterocycles. The van der Waals surface area contributed by atoms with Gasteiger partial charge in [0.05, 0.1) is 37.9 Å². The van der Waals surface area contributed by atoms with Gasteiger partial charge < -0.3 is 23.8 Å². The summed E-state index contributed by atoms with van der Waals surface area (Å²) in [5, 5.41) is 7.61. The summed E-state index contributed by atoms with van der Waals surface area (Å²) in [5.41, 5.74) is 3.45. The molecule has 0 unspecified atom stereocenters. The molecule has 0 fully saturated rings. The van der Waals surface area contributed by atoms with Crippen LogP contribution < -0.4 is 25.2 Å². The predicted octanol–water partition coefficient (Wildman–Crippen LogP) is 9.82. The third-order valence-electron chi connectivity index (χ3n) is 11.4. The second kappa shape index (κ2) is 18.9. The first kappa shape index (κ1) is 42.1. The molecule has 0 aliphatic carbocycles. The molecule has 1 heterocycles. The Bertz CT molecular complexity index is 2490. The van der Waals surface area contributed by atoms with Gasteiger partial charge in [0, 0.05) is 23.9 Å². The molecule has 9 heteroatoms. The van der Waals surface area contributed by atoms with E-state index >= 15 is 0 Å². The Hall–Kier alpha value is -6.03. The lowest BCUT2D eigenvalue weighted by Gasteiger charge is -2.42. The molecule has 60 heavy (non-hydrogen) atoms. The number of nitrogens with zero attached hydrogens (tertiary/aromatic N) is 2. The number of ether oxygens (including phenoxy) is 2. The molecule has 0 radical (unpaired) electrons. The zero-order valence-corrected chi connectivity index (χ0v) is 36.3. The molecule has 0 aliphatic heterocycles. The molecule has 1 amide bonds. The van der Waals surface area contributed by atoms with Crippen molar-refractivity contribution in [2.75, 3.05) is 20.8 Å². The number of methoxy groups -OCH3 is 2. The highest BCUT2D eigenvalue weighted by Gasteiger charge is 2.50. The molecule has 308 valence electrons. The van der Waals surface area contributed by atoms with Crippen LogP contribution in [0.5, 0.6) is 11.5 Å². The van der Waals surface area contributed by atoms with Crippen molar-refractivity contribution in [2.45, 2.75) is 70.5 Å². The van der Waals surface area contributed by atoms with E-state index < -0.39 is 14.4 Å². The average Bonchev–Trinajstić information content (AvgIpc) is 3.64. The van der Waals surface area contributed by atoms with Gasteiger partial charge in [-0.3, -0.25) is 9.59 Å². The summed E-state index contributed by atoms with van der Waals surface area (Å²) < 4.78 is 20.3. The summed E-state index contributed by atoms with van der Waals surface area (Å²) in [6.45, 7) is 7.24. The van der Waals surface area contributed by atoms with Crippen LogP contribution in [0.15, 0.2) is 146 Å². The Morgan fingerprint density at radius 3 is 2.00 bits per heavy atom. The third-order valence-corrected chi connectivity index (χ3v) is 16.4. The Labute approximate surface area is 354 Å². The fourth-order valence-corrected chi connectivity index (χ4v) is 13.0. The predicted molar refractivity (Wildman–Crippen MR) is 244 cm³/mol. The average molecular weight is 818 g/mol. The number of amides is 1. The molecule has 8 nitrogen and oxygen atoms in total. The number of fused-ring (bicyclic) bond motifs is 3. The van der Waals surface area contributed by atoms with E-state index in [9.17, 15) is 9.59 Å². The molecule has 6 aromatic carbocycles. The van der Waals surface area contributed by atoms with Gasteiger partial charge in [0.15, 0.2) is 17.3 Å². The smallest absolute Gasteiger partial charge is 0.261 e. The SMILES string of the molecule is COc1ccc(Cn2c([C@H](CCCCCC(=O)CO[Si](c3ccccc3)(c3ccccc3)C(C)(C)C)NC(=O)c3ccccc3)nc3c4ccccc4ccc32)cc1OC. The standard InChI is InChI=1S/C51H55N3O5Si/c1-51(2,3)60(41-24-13-8-14-25-41,42-26-15-9-16-27-42)59-36-40(55)23-12-7-17-29-44(52-50(56)39-21-10-6-11-22-39)49-53-48-43-28-19-18-20-38(43)31-32-45(48)54(49)35-37-30-33-46(57-4)47(34-37)58-5/h6,8-11,13-16,18-22,24-28,30-34,44H,7,12,17,23,29,35-36H2,1-5H3,(H,52,56)/t44-/m0/s1. The zero-order valence-electron chi connectivity index (χ0n) is 35.3. The monoisotopic (exact) mass is 817 g/mol. The number of unbranched alkanes of at least 4 members (excludes halogenated alkanes) is 2. The maximum absolute atomic E-state index is 13.9. The summed E-state index contributed by atoms with van der Waals surface area (Å²) >= 11 is 0. The van der Waals surface area contributed by atoms with Gasteiger partial charge in [-0.05, 0) is 69.5 Å². The van der Waals surface area contributed by atoms with Gasteiger partial charge in [-0.25, -0.2) is 4.98 Å². The van der Waals surface area contributed by atoms with Crippen molar-refractivity contribution < 1.29 is 23.5 Å². The van der Waals surface area contributed by atoms with Crippen molar-refractivity contribution in [2.24, 2.45) is 0 Å². The van der Waals surface area contributed by atoms with E-state index in [0.29, 0.717) is 36.4 Å². The number of benzene rings is 6. The molecule has 1 N–H and O–H groups in total. The maximum atomic E-state index is 13.9. The molecule has 0 aliphatic rings. The lowest BCUT2D eigenvalue weighted by molar-refractivity contribution is -0.121. The number of hydrogen-bond acceptors (Lipinski definition) is 6. The Morgan fingerprint density at radius 2 is 1.35 bits per heavy atom. The lowest BCUT2D eigenvalue weighted by atomic mass is 10.0. The largest absolute Gasteiger partial charge is 0.493 e. The minimum atomic E-state index is -2.82. The number of imidazole rings is 1. The van der Waals surface area contributed by atoms with Gasteiger partial charge in [-0.15, -0.1) is 0 Å². The van der Waals surface area contributed by atoms with Gasteiger partial charge in [-0.1, -0.05) is 149 Å². The number of carbonyl (C=O) groups excluding carboxylic acids is 2. The summed E-state index contributed by atoms with van der Waals surface area (Å²) in [6.07, 6.45) is 3.36. The van der Waals surface area contributed by atoms with E-state index in [-0.39, 0.29) is 23.3 Å². The van der Waals surface area contributed by atoms with E-state index in [1.807, 2.05) is 72.8 Å². The molecule has 1 atom stereocenters. The van der Waals surface area contributed by atoms with E-state index in [1.165, 1.54) is 0 Å². The summed E-state index contributed by atoms with van der Waals surface area (Å²) in [4.78, 5) is 32.8. The van der Waals surface area contributed by atoms with Crippen LogP contribution in [-0.4, -0.2) is 50.4 Å². The zero-order chi connectivity index (χ0) is 42.1. The minimum Gasteiger partial charge on any atom is -0.493 e. The molecular weight excluding hydrogens is 763 g/mol. The number of Topliss-reactive ketones (excluding diaryl/α,β-unsaturated/α-hetero) is 1. The van der Waals surface area contributed by atoms with Crippen LogP contribution in [0.2, 0.25) is 5.04 Å². The fraction of sp³-hybridized carbons (Fsp3) is 0.275. The van der Waals surface area contributed by atoms with Crippen molar-refractivity contribution in [1.29, 1.82) is 0 Å². The number of aromatic nitrogens is 2. The lowest BCUT2D eigenvalue weighted by Crippen LogP contribution is -2.67. The summed E-state index contributed by atoms with van der Waals surface area (Å²) in [5.74, 6) is 2.01. The van der Waals surface area contributed by atoms with Gasteiger partial charge in [0.25, 0.3) is 14.2 Å². The second-order valence-electron chi connectivity index (χ2n) is 16.4. The van der Waals surface area contributed by atoms with Crippen molar-refractivity contribution in [3.8, 4) is 11.5 Å². The van der Waals surface area contributed by atoms with Gasteiger partial charge >= 0.3 is 0 Å². The third kappa shape index (κ3) is 9.07. The molecule has 0 saturated carbocycles. The molecule has 0 spiro atoms. The Kier molecular flexibility index (Phi) is 13.3. The van der Waals surface area contributed by atoms with Crippen LogP contribution in [0.25, 0.3) is 21.8 Å². The van der Waals surface area contributed by atoms with Crippen LogP contribution in [0.1, 0.15) is 80.7 Å². The second-order valence-corrected chi connectivity index (χ2v) is 20.7. The van der Waals surface area contributed by atoms with E-state index in [0.717, 1.165) is 62.8 Å². The summed E-state index contributed by atoms with van der Waals surface area (Å²) in [7, 11) is 0.445. The number of ketones is 1. The van der Waals surface area contributed by atoms with Crippen LogP contribution >= 0.6 is 0 Å². The van der Waals surface area contributed by atoms with Crippen molar-refractivity contribution in [1.82, 2.24) is 14.9 Å². The number of nitrogens with one attached hydrogen (secondary N) is 1. The van der Waals surface area contributed by atoms with Gasteiger partial charge in [0.1, 0.15) is 5.82 Å². The fourth-order valence-electron chi connectivity index (χ4n) is 8.44. The minimum absolute atomic E-state index is 0.0666. The van der Waals surface area contributed by atoms with Crippen LogP contribution in [0, 0.1) is 0 Å². The molecule has 7 rings (SSSR count). The Balaban J connectivity index is 1.12. The first-order valence-electron chi connectivity index (χ1n) is 20.8. The van der Waals surface area contributed by atoms with E-state index in [2.05, 4.69) is 103 Å². The van der Waals surface area contributed by atoms with Crippen LogP contribution in [0.3, 0.4) is 0 Å². The Morgan fingerprint density at radius 1 is 0.717 bits per heavy atom. The number of hydrogen-bond donors (Lipinski definition) is 1. The molecule has 7 aromatic rings. The van der Waals surface area contributed by atoms with Gasteiger partial charge in [-0.2, -0.15) is 0 Å². The maximum Gasteiger partial charge on any atom is 0.261 e. The van der Waals surface area contributed by atoms with Gasteiger partial charge in [0.2, 0.25) is 0 Å². The summed E-state index contributed by atoms with van der Waals surface area (Å²) in [6, 6.07) is 48.2. The van der Waals surface area contributed by atoms with Crippen LogP contribution in [-0.2, 0) is 15.8 Å². The molecular formula is C51H55N3O5Si. The number of carbonyl (C=O) groups is 2. The highest BCUT2D eigenvalue weighted by molar-refractivity contribution is 6.99. The van der Waals surface area contributed by atoms with E-state index in [4.69, 9.17) is 18.9 Å². The van der Waals surface area contributed by atoms with Crippen LogP contribution in [0.4, 0.5) is 0 Å². The van der Waals surface area contributed by atoms with Crippen molar-refractivity contribution >= 4 is 52.2 Å². The first-order chi connectivity index (χ1) is 29.1. The highest BCUT2D eigenvalue weighted by atomic mass is 28.4. The highest BCUT2D eigenvalue weighted by Crippen LogP contribution is 2.37. The topological polar surface area (TPSA) is 91.7 Å².